The number of carbonyl (C=O) groups is 2. The summed E-state index contributed by atoms with van der Waals surface area (Å²) in [5.74, 6) is -1.74. The molecule has 0 bridgehead atoms. The van der Waals surface area contributed by atoms with Crippen molar-refractivity contribution in [3.05, 3.63) is 58.4 Å². The van der Waals surface area contributed by atoms with Crippen LogP contribution in [0.5, 0.6) is 0 Å². The lowest BCUT2D eigenvalue weighted by Crippen LogP contribution is -2.38. The standard InChI is InChI=1S/C23H26ClN7O3/c24-19-21(26)30-20(25)18(29-19)22(34)31-23(27)28-10-2-1-3-13-4-7-16-12-14(6-9-17(32)33)5-8-15(16)11-13/h4-5,7-8,11-12H,1-3,6,9-10H2,(H,32,33)(H4,25,26,30)(H3,27,28,31,34). The number of nitrogens with one attached hydrogen (secondary N) is 1. The van der Waals surface area contributed by atoms with E-state index in [1.807, 2.05) is 18.2 Å². The number of anilines is 2. The number of rotatable bonds is 9. The Balaban J connectivity index is 1.47. The molecule has 0 saturated carbocycles. The van der Waals surface area contributed by atoms with Crippen LogP contribution in [0.1, 0.15) is 40.9 Å². The number of fused-ring (bicyclic) bond motifs is 1. The highest BCUT2D eigenvalue weighted by molar-refractivity contribution is 6.31. The van der Waals surface area contributed by atoms with Crippen LogP contribution in [0.4, 0.5) is 11.6 Å². The summed E-state index contributed by atoms with van der Waals surface area (Å²) in [5.41, 5.74) is 19.0. The quantitative estimate of drug-likeness (QED) is 0.174. The number of carboxylic acid groups (broad SMARTS) is 1. The number of carbonyl (C=O) groups excluding carboxylic acids is 1. The number of aliphatic carboxylic acids is 1. The SMILES string of the molecule is NC(=NCCCCc1ccc2cc(CCC(=O)O)ccc2c1)NC(=O)c1nc(Cl)c(N)nc1N. The van der Waals surface area contributed by atoms with Crippen LogP contribution < -0.4 is 22.5 Å². The smallest absolute Gasteiger partial charge is 0.303 e. The van der Waals surface area contributed by atoms with Crippen LogP contribution in [0.15, 0.2) is 41.4 Å². The van der Waals surface area contributed by atoms with Crippen LogP contribution in [-0.4, -0.2) is 39.5 Å². The molecule has 1 aromatic heterocycles. The van der Waals surface area contributed by atoms with E-state index in [1.54, 1.807) is 0 Å². The third kappa shape index (κ3) is 6.79. The van der Waals surface area contributed by atoms with Crippen LogP contribution in [0.2, 0.25) is 5.15 Å². The van der Waals surface area contributed by atoms with Crippen LogP contribution in [0, 0.1) is 0 Å². The van der Waals surface area contributed by atoms with Crippen molar-refractivity contribution in [1.29, 1.82) is 0 Å². The summed E-state index contributed by atoms with van der Waals surface area (Å²) in [4.78, 5) is 34.7. The number of guanidine groups is 1. The van der Waals surface area contributed by atoms with Crippen molar-refractivity contribution in [2.24, 2.45) is 10.7 Å². The molecule has 0 radical (unpaired) electrons. The number of carboxylic acids is 1. The van der Waals surface area contributed by atoms with E-state index in [1.165, 1.54) is 5.56 Å². The summed E-state index contributed by atoms with van der Waals surface area (Å²) in [6.07, 6.45) is 3.18. The second-order valence-corrected chi connectivity index (χ2v) is 8.08. The molecule has 0 spiro atoms. The molecule has 0 aliphatic carbocycles. The third-order valence-electron chi connectivity index (χ3n) is 5.11. The number of halogens is 1. The van der Waals surface area contributed by atoms with E-state index in [-0.39, 0.29) is 34.9 Å². The zero-order valence-corrected chi connectivity index (χ0v) is 19.2. The summed E-state index contributed by atoms with van der Waals surface area (Å²) < 4.78 is 0. The van der Waals surface area contributed by atoms with E-state index < -0.39 is 11.9 Å². The zero-order chi connectivity index (χ0) is 24.7. The average molecular weight is 484 g/mol. The minimum absolute atomic E-state index is 0.0523. The van der Waals surface area contributed by atoms with Crippen molar-refractivity contribution >= 4 is 51.8 Å². The highest BCUT2D eigenvalue weighted by atomic mass is 35.5. The maximum atomic E-state index is 12.2. The number of amides is 1. The van der Waals surface area contributed by atoms with Gasteiger partial charge in [-0.2, -0.15) is 0 Å². The van der Waals surface area contributed by atoms with Gasteiger partial charge in [0.15, 0.2) is 28.4 Å². The van der Waals surface area contributed by atoms with Crippen molar-refractivity contribution in [2.75, 3.05) is 18.0 Å². The van der Waals surface area contributed by atoms with Gasteiger partial charge < -0.3 is 22.3 Å². The maximum Gasteiger partial charge on any atom is 0.303 e. The van der Waals surface area contributed by atoms with Gasteiger partial charge in [0.05, 0.1) is 0 Å². The van der Waals surface area contributed by atoms with Crippen LogP contribution in [0.25, 0.3) is 10.8 Å². The van der Waals surface area contributed by atoms with E-state index in [0.717, 1.165) is 35.6 Å². The third-order valence-corrected chi connectivity index (χ3v) is 5.39. The molecule has 0 saturated heterocycles. The number of hydrogen-bond donors (Lipinski definition) is 5. The fourth-order valence-corrected chi connectivity index (χ4v) is 3.50. The fraction of sp³-hybridized carbons (Fsp3) is 0.261. The molecule has 3 rings (SSSR count). The first-order chi connectivity index (χ1) is 16.2. The molecule has 0 fully saturated rings. The monoisotopic (exact) mass is 483 g/mol. The topological polar surface area (TPSA) is 183 Å². The van der Waals surface area contributed by atoms with Gasteiger partial charge in [0.1, 0.15) is 0 Å². The number of unbranched alkanes of at least 4 members (excludes halogenated alkanes) is 1. The predicted molar refractivity (Wildman–Crippen MR) is 133 cm³/mol. The number of aliphatic imine (C=N–C) groups is 1. The second kappa shape index (κ2) is 11.3. The lowest BCUT2D eigenvalue weighted by atomic mass is 10.00. The van der Waals surface area contributed by atoms with Gasteiger partial charge in [0.2, 0.25) is 0 Å². The predicted octanol–water partition coefficient (Wildman–Crippen LogP) is 2.53. The number of aryl methyl sites for hydroxylation is 2. The molecule has 3 aromatic rings. The number of hydrogen-bond acceptors (Lipinski definition) is 7. The zero-order valence-electron chi connectivity index (χ0n) is 18.4. The lowest BCUT2D eigenvalue weighted by molar-refractivity contribution is -0.136. The van der Waals surface area contributed by atoms with Crippen molar-refractivity contribution in [2.45, 2.75) is 32.1 Å². The van der Waals surface area contributed by atoms with E-state index in [4.69, 9.17) is 33.9 Å². The van der Waals surface area contributed by atoms with Crippen LogP contribution >= 0.6 is 11.6 Å². The molecular weight excluding hydrogens is 458 g/mol. The van der Waals surface area contributed by atoms with E-state index in [0.29, 0.717) is 13.0 Å². The molecule has 0 unspecified atom stereocenters. The summed E-state index contributed by atoms with van der Waals surface area (Å²) in [6, 6.07) is 12.3. The molecule has 10 nitrogen and oxygen atoms in total. The Labute approximate surface area is 201 Å². The Morgan fingerprint density at radius 1 is 0.971 bits per heavy atom. The van der Waals surface area contributed by atoms with E-state index >= 15 is 0 Å². The van der Waals surface area contributed by atoms with Gasteiger partial charge >= 0.3 is 5.97 Å². The minimum Gasteiger partial charge on any atom is -0.481 e. The van der Waals surface area contributed by atoms with Gasteiger partial charge in [-0.25, -0.2) is 9.97 Å². The Morgan fingerprint density at radius 2 is 1.62 bits per heavy atom. The van der Waals surface area contributed by atoms with Crippen molar-refractivity contribution in [1.82, 2.24) is 15.3 Å². The largest absolute Gasteiger partial charge is 0.481 e. The first-order valence-corrected chi connectivity index (χ1v) is 11.0. The number of nitrogens with two attached hydrogens (primary N) is 3. The highest BCUT2D eigenvalue weighted by Gasteiger charge is 2.16. The van der Waals surface area contributed by atoms with E-state index in [2.05, 4.69) is 38.5 Å². The van der Waals surface area contributed by atoms with Gasteiger partial charge in [-0.3, -0.25) is 19.9 Å². The summed E-state index contributed by atoms with van der Waals surface area (Å²) >= 11 is 5.78. The van der Waals surface area contributed by atoms with Crippen molar-refractivity contribution < 1.29 is 14.7 Å². The van der Waals surface area contributed by atoms with Gasteiger partial charge in [-0.15, -0.1) is 0 Å². The molecule has 0 aliphatic rings. The number of nitrogens with zero attached hydrogens (tertiary/aromatic N) is 3. The first-order valence-electron chi connectivity index (χ1n) is 10.7. The Bertz CT molecular complexity index is 1250. The summed E-state index contributed by atoms with van der Waals surface area (Å²) in [6.45, 7) is 0.441. The van der Waals surface area contributed by atoms with E-state index in [9.17, 15) is 9.59 Å². The molecule has 8 N–H and O–H groups in total. The first kappa shape index (κ1) is 24.7. The molecule has 178 valence electrons. The summed E-state index contributed by atoms with van der Waals surface area (Å²) in [5, 5.41) is 13.3. The van der Waals surface area contributed by atoms with Crippen molar-refractivity contribution in [3.8, 4) is 0 Å². The maximum absolute atomic E-state index is 12.2. The Morgan fingerprint density at radius 3 is 2.26 bits per heavy atom. The molecule has 1 heterocycles. The van der Waals surface area contributed by atoms with Gasteiger partial charge in [-0.1, -0.05) is 48.0 Å². The lowest BCUT2D eigenvalue weighted by Gasteiger charge is -2.07. The number of nitrogen functional groups attached to an aromatic ring is 2. The van der Waals surface area contributed by atoms with Gasteiger partial charge in [0, 0.05) is 13.0 Å². The molecule has 11 heteroatoms. The minimum atomic E-state index is -0.797. The highest BCUT2D eigenvalue weighted by Crippen LogP contribution is 2.20. The molecule has 2 aromatic carbocycles. The van der Waals surface area contributed by atoms with Crippen LogP contribution in [0.3, 0.4) is 0 Å². The Kier molecular flexibility index (Phi) is 8.20. The van der Waals surface area contributed by atoms with Crippen molar-refractivity contribution in [3.63, 3.8) is 0 Å². The molecular formula is C23H26ClN7O3. The second-order valence-electron chi connectivity index (χ2n) is 7.72. The Hall–Kier alpha value is -3.92. The molecule has 1 amide bonds. The molecule has 0 atom stereocenters. The molecule has 0 aliphatic heterocycles. The number of aromatic nitrogens is 2. The molecule has 34 heavy (non-hydrogen) atoms. The van der Waals surface area contributed by atoms with Crippen LogP contribution in [-0.2, 0) is 17.6 Å². The van der Waals surface area contributed by atoms with Gasteiger partial charge in [-0.05, 0) is 47.6 Å². The normalized spacial score (nSPS) is 11.5. The fourth-order valence-electron chi connectivity index (χ4n) is 3.37. The summed E-state index contributed by atoms with van der Waals surface area (Å²) in [7, 11) is 0. The van der Waals surface area contributed by atoms with Gasteiger partial charge in [0.25, 0.3) is 5.91 Å². The average Bonchev–Trinajstić information content (AvgIpc) is 2.79. The number of benzene rings is 2.